The van der Waals surface area contributed by atoms with Gasteiger partial charge in [-0.2, -0.15) is 0 Å². The van der Waals surface area contributed by atoms with Gasteiger partial charge in [0.25, 0.3) is 11.8 Å². The molecule has 2 heterocycles. The Morgan fingerprint density at radius 1 is 0.638 bits per heavy atom. The van der Waals surface area contributed by atoms with Crippen molar-refractivity contribution in [3.05, 3.63) is 59.7 Å². The lowest BCUT2D eigenvalue weighted by molar-refractivity contribution is 0.0634. The van der Waals surface area contributed by atoms with Crippen molar-refractivity contribution in [3.63, 3.8) is 0 Å². The van der Waals surface area contributed by atoms with E-state index >= 15 is 0 Å². The molecule has 2 fully saturated rings. The highest BCUT2D eigenvalue weighted by molar-refractivity contribution is 6.74. The third-order valence-corrected chi connectivity index (χ3v) is 22.4. The Labute approximate surface area is 412 Å². The van der Waals surface area contributed by atoms with Crippen molar-refractivity contribution >= 4 is 52.0 Å². The predicted octanol–water partition coefficient (Wildman–Crippen LogP) is 11.4. The summed E-state index contributed by atoms with van der Waals surface area (Å²) in [6.45, 7) is 37.2. The number of likely N-dealkylation sites (tertiary alicyclic amines) is 2. The van der Waals surface area contributed by atoms with E-state index in [0.29, 0.717) is 69.9 Å². The first kappa shape index (κ1) is 56.5. The van der Waals surface area contributed by atoms with Crippen LogP contribution in [0, 0.1) is 0 Å². The average Bonchev–Trinajstić information content (AvgIpc) is 3.80. The van der Waals surface area contributed by atoms with Crippen molar-refractivity contribution in [2.24, 2.45) is 0 Å². The number of methoxy groups -OCH3 is 2. The van der Waals surface area contributed by atoms with Crippen molar-refractivity contribution < 1.29 is 56.8 Å². The van der Waals surface area contributed by atoms with Crippen LogP contribution in [-0.4, -0.2) is 127 Å². The number of benzene rings is 2. The number of carbonyl (C=O) groups is 4. The second kappa shape index (κ2) is 22.8. The van der Waals surface area contributed by atoms with E-state index in [1.54, 1.807) is 42.7 Å². The monoisotopic (exact) mass is 997 g/mol. The maximum atomic E-state index is 14.4. The first-order valence-electron chi connectivity index (χ1n) is 23.8. The smallest absolute Gasteiger partial charge is 0.412 e. The van der Waals surface area contributed by atoms with Crippen LogP contribution in [0.15, 0.2) is 48.6 Å². The Hall–Kier alpha value is -5.05. The van der Waals surface area contributed by atoms with Crippen LogP contribution < -0.4 is 29.6 Å². The third kappa shape index (κ3) is 15.2. The molecule has 2 aromatic rings. The lowest BCUT2D eigenvalue weighted by Gasteiger charge is -2.38. The van der Waals surface area contributed by atoms with Gasteiger partial charge in [0.15, 0.2) is 39.6 Å². The first-order valence-corrected chi connectivity index (χ1v) is 29.6. The molecule has 2 aromatic carbocycles. The zero-order valence-corrected chi connectivity index (χ0v) is 46.0. The fourth-order valence-corrected chi connectivity index (χ4v) is 9.46. The van der Waals surface area contributed by atoms with Gasteiger partial charge in [-0.3, -0.25) is 20.2 Å². The highest BCUT2D eigenvalue weighted by atomic mass is 28.4. The fourth-order valence-electron chi connectivity index (χ4n) is 7.38. The summed E-state index contributed by atoms with van der Waals surface area (Å²) in [4.78, 5) is 57.2. The minimum absolute atomic E-state index is 0.00625. The van der Waals surface area contributed by atoms with Gasteiger partial charge in [0.2, 0.25) is 0 Å². The van der Waals surface area contributed by atoms with Crippen molar-refractivity contribution in [3.8, 4) is 23.0 Å². The summed E-state index contributed by atoms with van der Waals surface area (Å²) >= 11 is 0. The van der Waals surface area contributed by atoms with Crippen molar-refractivity contribution in [2.75, 3.05) is 64.4 Å². The van der Waals surface area contributed by atoms with E-state index in [1.165, 1.54) is 26.4 Å². The number of anilines is 2. The lowest BCUT2D eigenvalue weighted by atomic mass is 10.1. The summed E-state index contributed by atoms with van der Waals surface area (Å²) < 4.78 is 42.3. The number of nitrogens with zero attached hydrogens (tertiary/aromatic N) is 2. The molecule has 0 aromatic heterocycles. The van der Waals surface area contributed by atoms with Crippen LogP contribution in [0.2, 0.25) is 36.3 Å². The number of hydrogen-bond donors (Lipinski definition) is 3. The van der Waals surface area contributed by atoms with Gasteiger partial charge in [0, 0.05) is 25.2 Å². The molecule has 2 atom stereocenters. The molecule has 0 bridgehead atoms. The van der Waals surface area contributed by atoms with Gasteiger partial charge in [0.05, 0.1) is 75.2 Å². The molecule has 0 saturated carbocycles. The standard InChI is InChI=1S/C51H80N4O12Si2/c1-33-23-35(31-65-68(14,15)50(6,7)8)54(29-33)45(56)37-25-41(61-12)43(27-39(37)52-47(58)59)63-21-19-18-20-22-64-44-28-40(53-48(60)67-49(3,4)5)38(26-42(44)62-13)46(57)55-30-34(2)24-36(55)32-66-69(16,17)51(9,10)11/h25-28,35-36,52H,1-2,18-24,29-32H2,3-17H3,(H,53,60)(H,58,59). The van der Waals surface area contributed by atoms with Gasteiger partial charge in [0.1, 0.15) is 5.60 Å². The molecule has 3 N–H and O–H groups in total. The van der Waals surface area contributed by atoms with Gasteiger partial charge in [-0.15, -0.1) is 0 Å². The molecule has 4 rings (SSSR count). The van der Waals surface area contributed by atoms with Crippen LogP contribution >= 0.6 is 0 Å². The van der Waals surface area contributed by atoms with E-state index in [9.17, 15) is 24.3 Å². The highest BCUT2D eigenvalue weighted by Gasteiger charge is 2.42. The van der Waals surface area contributed by atoms with Gasteiger partial charge in [-0.05, 0) is 101 Å². The molecule has 2 aliphatic heterocycles. The van der Waals surface area contributed by atoms with Crippen molar-refractivity contribution in [1.29, 1.82) is 0 Å². The Bertz CT molecular complexity index is 2210. The van der Waals surface area contributed by atoms with Crippen LogP contribution in [0.1, 0.15) is 115 Å². The number of amides is 4. The third-order valence-electron chi connectivity index (χ3n) is 13.4. The number of nitrogens with one attached hydrogen (secondary N) is 2. The summed E-state index contributed by atoms with van der Waals surface area (Å²) in [6.07, 6.45) is 1.01. The normalized spacial score (nSPS) is 16.9. The lowest BCUT2D eigenvalue weighted by Crippen LogP contribution is -2.46. The van der Waals surface area contributed by atoms with E-state index in [1.807, 2.05) is 0 Å². The maximum Gasteiger partial charge on any atom is 0.412 e. The summed E-state index contributed by atoms with van der Waals surface area (Å²) in [5.41, 5.74) is 1.63. The molecule has 2 aliphatic rings. The minimum atomic E-state index is -2.11. The quantitative estimate of drug-likeness (QED) is 0.0649. The van der Waals surface area contributed by atoms with E-state index in [2.05, 4.69) is 91.5 Å². The van der Waals surface area contributed by atoms with Gasteiger partial charge < -0.3 is 47.4 Å². The van der Waals surface area contributed by atoms with E-state index in [0.717, 1.165) is 11.1 Å². The Morgan fingerprint density at radius 3 is 1.38 bits per heavy atom. The fraction of sp³-hybridized carbons (Fsp3) is 0.608. The largest absolute Gasteiger partial charge is 0.493 e. The SMILES string of the molecule is C=C1CC(CO[Si](C)(C)C(C)(C)C)N(C(=O)c2cc(OC)c(OCCCCCOc3cc(NC(=O)OC(C)(C)C)c(C(=O)N4CC(=C)CC4CO[Si](C)(C)C(C)(C)C)cc3OC)cc2NC(=O)O)C1. The van der Waals surface area contributed by atoms with Gasteiger partial charge >= 0.3 is 12.2 Å². The number of carboxylic acid groups (broad SMARTS) is 1. The summed E-state index contributed by atoms with van der Waals surface area (Å²) in [5.74, 6) is 0.504. The molecule has 4 amide bonds. The maximum absolute atomic E-state index is 14.4. The number of rotatable bonds is 20. The van der Waals surface area contributed by atoms with Crippen LogP contribution in [0.3, 0.4) is 0 Å². The van der Waals surface area contributed by atoms with Crippen LogP contribution in [-0.2, 0) is 13.6 Å². The van der Waals surface area contributed by atoms with E-state index < -0.39 is 34.4 Å². The van der Waals surface area contributed by atoms with E-state index in [4.69, 9.17) is 32.5 Å². The molecule has 0 spiro atoms. The molecule has 2 saturated heterocycles. The Kier molecular flexibility index (Phi) is 18.7. The summed E-state index contributed by atoms with van der Waals surface area (Å²) in [7, 11) is -1.28. The zero-order valence-electron chi connectivity index (χ0n) is 44.0. The van der Waals surface area contributed by atoms with Gasteiger partial charge in [-0.1, -0.05) is 65.8 Å². The zero-order chi connectivity index (χ0) is 51.9. The van der Waals surface area contributed by atoms with Crippen molar-refractivity contribution in [1.82, 2.24) is 9.80 Å². The minimum Gasteiger partial charge on any atom is -0.493 e. The molecule has 16 nitrogen and oxygen atoms in total. The second-order valence-electron chi connectivity index (χ2n) is 22.1. The molecule has 384 valence electrons. The van der Waals surface area contributed by atoms with Gasteiger partial charge in [-0.25, -0.2) is 9.59 Å². The van der Waals surface area contributed by atoms with E-state index in [-0.39, 0.29) is 81.2 Å². The molecule has 0 aliphatic carbocycles. The van der Waals surface area contributed by atoms with Crippen LogP contribution in [0.5, 0.6) is 23.0 Å². The molecule has 18 heteroatoms. The highest BCUT2D eigenvalue weighted by Crippen LogP contribution is 2.41. The first-order chi connectivity index (χ1) is 31.9. The van der Waals surface area contributed by atoms with Crippen LogP contribution in [0.25, 0.3) is 0 Å². The number of carbonyl (C=O) groups excluding carboxylic acids is 3. The molecular formula is C51H80N4O12Si2. The van der Waals surface area contributed by atoms with Crippen LogP contribution in [0.4, 0.5) is 21.0 Å². The number of ether oxygens (including phenoxy) is 5. The average molecular weight is 997 g/mol. The molecule has 2 unspecified atom stereocenters. The molecular weight excluding hydrogens is 917 g/mol. The molecule has 69 heavy (non-hydrogen) atoms. The topological polar surface area (TPSA) is 184 Å². The number of unbranched alkanes of at least 4 members (excludes halogenated alkanes) is 2. The Morgan fingerprint density at radius 2 is 1.03 bits per heavy atom. The second-order valence-corrected chi connectivity index (χ2v) is 31.8. The summed E-state index contributed by atoms with van der Waals surface area (Å²) in [6, 6.07) is 5.65. The number of hydrogen-bond acceptors (Lipinski definition) is 11. The predicted molar refractivity (Wildman–Crippen MR) is 276 cm³/mol. The summed E-state index contributed by atoms with van der Waals surface area (Å²) in [5, 5.41) is 14.9. The Balaban J connectivity index is 1.45. The molecule has 0 radical (unpaired) electrons. The van der Waals surface area contributed by atoms with Crippen molar-refractivity contribution in [2.45, 2.75) is 148 Å².